The third-order valence-electron chi connectivity index (χ3n) is 1.84. The number of alkyl halides is 3. The van der Waals surface area contributed by atoms with E-state index in [4.69, 9.17) is 4.74 Å². The van der Waals surface area contributed by atoms with Crippen LogP contribution in [0.2, 0.25) is 0 Å². The molecule has 0 amide bonds. The highest BCUT2D eigenvalue weighted by Gasteiger charge is 2.36. The van der Waals surface area contributed by atoms with Crippen molar-refractivity contribution in [1.82, 2.24) is 0 Å². The number of rotatable bonds is 3. The van der Waals surface area contributed by atoms with E-state index in [-0.39, 0.29) is 0 Å². The van der Waals surface area contributed by atoms with Crippen molar-refractivity contribution in [2.24, 2.45) is 0 Å². The maximum absolute atomic E-state index is 12.6. The Morgan fingerprint density at radius 2 is 1.94 bits per heavy atom. The molecule has 1 aromatic carbocycles. The van der Waals surface area contributed by atoms with Gasteiger partial charge in [-0.05, 0) is 19.9 Å². The fraction of sp³-hybridized carbons (Fsp3) is 0.400. The molecule has 0 N–H and O–H groups in total. The van der Waals surface area contributed by atoms with E-state index >= 15 is 0 Å². The van der Waals surface area contributed by atoms with Gasteiger partial charge in [-0.25, -0.2) is 0 Å². The molecule has 0 aliphatic rings. The standard InChI is InChI=1S/C10H10F3NO3/c1-6(2)17-9-4-3-7(14(15)16)5-8(9)10(11,12)13/h3-6H,1-2H3. The lowest BCUT2D eigenvalue weighted by Gasteiger charge is -2.15. The summed E-state index contributed by atoms with van der Waals surface area (Å²) in [5.41, 5.74) is -1.76. The Bertz CT molecular complexity index is 429. The van der Waals surface area contributed by atoms with Crippen molar-refractivity contribution in [3.05, 3.63) is 33.9 Å². The average Bonchev–Trinajstić information content (AvgIpc) is 2.15. The summed E-state index contributed by atoms with van der Waals surface area (Å²) in [5, 5.41) is 10.4. The summed E-state index contributed by atoms with van der Waals surface area (Å²) in [4.78, 5) is 9.53. The summed E-state index contributed by atoms with van der Waals surface area (Å²) in [7, 11) is 0. The van der Waals surface area contributed by atoms with Gasteiger partial charge in [0.05, 0.1) is 11.0 Å². The number of non-ortho nitro benzene ring substituents is 1. The SMILES string of the molecule is CC(C)Oc1ccc([N+](=O)[O-])cc1C(F)(F)F. The highest BCUT2D eigenvalue weighted by molar-refractivity contribution is 5.45. The third-order valence-corrected chi connectivity index (χ3v) is 1.84. The fourth-order valence-electron chi connectivity index (χ4n) is 1.21. The van der Waals surface area contributed by atoms with Gasteiger partial charge in [0.15, 0.2) is 0 Å². The number of ether oxygens (including phenoxy) is 1. The lowest BCUT2D eigenvalue weighted by Crippen LogP contribution is -2.13. The van der Waals surface area contributed by atoms with Crippen molar-refractivity contribution in [3.8, 4) is 5.75 Å². The van der Waals surface area contributed by atoms with E-state index in [9.17, 15) is 23.3 Å². The lowest BCUT2D eigenvalue weighted by molar-refractivity contribution is -0.385. The predicted octanol–water partition coefficient (Wildman–Crippen LogP) is 3.40. The van der Waals surface area contributed by atoms with Gasteiger partial charge in [-0.15, -0.1) is 0 Å². The number of nitro benzene ring substituents is 1. The van der Waals surface area contributed by atoms with Crippen molar-refractivity contribution in [2.45, 2.75) is 26.1 Å². The first-order chi connectivity index (χ1) is 7.71. The number of halogens is 3. The highest BCUT2D eigenvalue weighted by Crippen LogP contribution is 2.38. The second-order valence-electron chi connectivity index (χ2n) is 3.60. The Morgan fingerprint density at radius 1 is 1.35 bits per heavy atom. The zero-order chi connectivity index (χ0) is 13.2. The summed E-state index contributed by atoms with van der Waals surface area (Å²) in [6, 6.07) is 2.41. The van der Waals surface area contributed by atoms with Crippen LogP contribution in [0.1, 0.15) is 19.4 Å². The summed E-state index contributed by atoms with van der Waals surface area (Å²) in [6.07, 6.45) is -5.13. The molecule has 0 unspecified atom stereocenters. The van der Waals surface area contributed by atoms with Crippen LogP contribution in [0.15, 0.2) is 18.2 Å². The highest BCUT2D eigenvalue weighted by atomic mass is 19.4. The minimum atomic E-state index is -4.68. The number of hydrogen-bond donors (Lipinski definition) is 0. The maximum Gasteiger partial charge on any atom is 0.420 e. The molecule has 0 aliphatic heterocycles. The fourth-order valence-corrected chi connectivity index (χ4v) is 1.21. The van der Waals surface area contributed by atoms with Gasteiger partial charge in [-0.1, -0.05) is 0 Å². The molecular formula is C10H10F3NO3. The normalized spacial score (nSPS) is 11.6. The molecule has 0 spiro atoms. The Labute approximate surface area is 95.2 Å². The topological polar surface area (TPSA) is 52.4 Å². The van der Waals surface area contributed by atoms with Crippen LogP contribution in [0.3, 0.4) is 0 Å². The number of nitro groups is 1. The van der Waals surface area contributed by atoms with Gasteiger partial charge in [-0.2, -0.15) is 13.2 Å². The summed E-state index contributed by atoms with van der Waals surface area (Å²) in [6.45, 7) is 3.14. The Morgan fingerprint density at radius 3 is 2.35 bits per heavy atom. The minimum absolute atomic E-state index is 0.405. The molecule has 17 heavy (non-hydrogen) atoms. The van der Waals surface area contributed by atoms with Crippen LogP contribution in [0.25, 0.3) is 0 Å². The molecule has 94 valence electrons. The first kappa shape index (κ1) is 13.3. The number of benzene rings is 1. The van der Waals surface area contributed by atoms with E-state index in [2.05, 4.69) is 0 Å². The molecule has 0 aromatic heterocycles. The third kappa shape index (κ3) is 3.33. The summed E-state index contributed by atoms with van der Waals surface area (Å²) in [5.74, 6) is -0.405. The first-order valence-corrected chi connectivity index (χ1v) is 4.74. The molecule has 1 aromatic rings. The van der Waals surface area contributed by atoms with Gasteiger partial charge < -0.3 is 4.74 Å². The second kappa shape index (κ2) is 4.60. The lowest BCUT2D eigenvalue weighted by atomic mass is 10.1. The van der Waals surface area contributed by atoms with Crippen molar-refractivity contribution in [1.29, 1.82) is 0 Å². The van der Waals surface area contributed by atoms with Crippen molar-refractivity contribution >= 4 is 5.69 Å². The van der Waals surface area contributed by atoms with Crippen LogP contribution in [-0.2, 0) is 6.18 Å². The van der Waals surface area contributed by atoms with Gasteiger partial charge >= 0.3 is 6.18 Å². The molecule has 0 atom stereocenters. The zero-order valence-electron chi connectivity index (χ0n) is 9.12. The van der Waals surface area contributed by atoms with E-state index in [0.29, 0.717) is 6.07 Å². The molecule has 1 rings (SSSR count). The maximum atomic E-state index is 12.6. The van der Waals surface area contributed by atoms with Gasteiger partial charge in [0, 0.05) is 12.1 Å². The Balaban J connectivity index is 3.27. The molecule has 7 heteroatoms. The van der Waals surface area contributed by atoms with E-state index in [0.717, 1.165) is 12.1 Å². The van der Waals surface area contributed by atoms with E-state index in [1.165, 1.54) is 0 Å². The van der Waals surface area contributed by atoms with Crippen LogP contribution in [-0.4, -0.2) is 11.0 Å². The second-order valence-corrected chi connectivity index (χ2v) is 3.60. The zero-order valence-corrected chi connectivity index (χ0v) is 9.12. The van der Waals surface area contributed by atoms with E-state index < -0.39 is 34.2 Å². The van der Waals surface area contributed by atoms with E-state index in [1.807, 2.05) is 0 Å². The smallest absolute Gasteiger partial charge is 0.420 e. The van der Waals surface area contributed by atoms with Crippen molar-refractivity contribution < 1.29 is 22.8 Å². The molecule has 0 saturated heterocycles. The number of hydrogen-bond acceptors (Lipinski definition) is 3. The molecule has 4 nitrogen and oxygen atoms in total. The molecule has 0 heterocycles. The van der Waals surface area contributed by atoms with Crippen LogP contribution in [0.4, 0.5) is 18.9 Å². The van der Waals surface area contributed by atoms with Crippen LogP contribution < -0.4 is 4.74 Å². The van der Waals surface area contributed by atoms with Gasteiger partial charge in [0.25, 0.3) is 5.69 Å². The largest absolute Gasteiger partial charge is 0.490 e. The Kier molecular flexibility index (Phi) is 3.59. The quantitative estimate of drug-likeness (QED) is 0.609. The summed E-state index contributed by atoms with van der Waals surface area (Å²) >= 11 is 0. The summed E-state index contributed by atoms with van der Waals surface area (Å²) < 4.78 is 42.9. The number of nitrogens with zero attached hydrogens (tertiary/aromatic N) is 1. The van der Waals surface area contributed by atoms with Gasteiger partial charge in [0.2, 0.25) is 0 Å². The predicted molar refractivity (Wildman–Crippen MR) is 53.9 cm³/mol. The molecule has 0 saturated carbocycles. The first-order valence-electron chi connectivity index (χ1n) is 4.74. The van der Waals surface area contributed by atoms with Crippen LogP contribution in [0.5, 0.6) is 5.75 Å². The molecule has 0 bridgehead atoms. The monoisotopic (exact) mass is 249 g/mol. The van der Waals surface area contributed by atoms with Crippen LogP contribution >= 0.6 is 0 Å². The Hall–Kier alpha value is -1.79. The average molecular weight is 249 g/mol. The minimum Gasteiger partial charge on any atom is -0.490 e. The van der Waals surface area contributed by atoms with Crippen LogP contribution in [0, 0.1) is 10.1 Å². The van der Waals surface area contributed by atoms with Gasteiger partial charge in [0.1, 0.15) is 11.3 Å². The molecular weight excluding hydrogens is 239 g/mol. The molecule has 0 radical (unpaired) electrons. The molecule has 0 fully saturated rings. The van der Waals surface area contributed by atoms with Crippen molar-refractivity contribution in [2.75, 3.05) is 0 Å². The molecule has 0 aliphatic carbocycles. The van der Waals surface area contributed by atoms with E-state index in [1.54, 1.807) is 13.8 Å². The van der Waals surface area contributed by atoms with Gasteiger partial charge in [-0.3, -0.25) is 10.1 Å². The van der Waals surface area contributed by atoms with Crippen molar-refractivity contribution in [3.63, 3.8) is 0 Å².